The van der Waals surface area contributed by atoms with Crippen molar-refractivity contribution in [2.75, 3.05) is 0 Å². The predicted octanol–water partition coefficient (Wildman–Crippen LogP) is 1.87. The van der Waals surface area contributed by atoms with Gasteiger partial charge in [0.1, 0.15) is 6.10 Å². The van der Waals surface area contributed by atoms with E-state index in [2.05, 4.69) is 4.98 Å². The third kappa shape index (κ3) is 1.58. The van der Waals surface area contributed by atoms with Gasteiger partial charge in [-0.2, -0.15) is 0 Å². The van der Waals surface area contributed by atoms with Crippen LogP contribution < -0.4 is 0 Å². The molecule has 2 rings (SSSR count). The quantitative estimate of drug-likeness (QED) is 0.818. The summed E-state index contributed by atoms with van der Waals surface area (Å²) in [4.78, 5) is 5.11. The van der Waals surface area contributed by atoms with Gasteiger partial charge in [-0.05, 0) is 23.9 Å². The molecule has 0 amide bonds. The maximum atomic E-state index is 10.0. The summed E-state index contributed by atoms with van der Waals surface area (Å²) in [6.45, 7) is 2.00. The first kappa shape index (κ1) is 9.43. The lowest BCUT2D eigenvalue weighted by atomic mass is 10.1. The largest absolute Gasteiger partial charge is 0.381 e. The third-order valence-corrected chi connectivity index (χ3v) is 3.23. The molecule has 2 aromatic rings. The molecule has 0 bridgehead atoms. The number of hydrogen-bond acceptors (Lipinski definition) is 3. The highest BCUT2D eigenvalue weighted by Gasteiger charge is 2.15. The number of aryl methyl sites for hydroxylation is 2. The molecule has 2 aromatic heterocycles. The average Bonchev–Trinajstić information content (AvgIpc) is 2.73. The Balaban J connectivity index is 2.33. The Hall–Kier alpha value is -1.13. The van der Waals surface area contributed by atoms with E-state index in [0.717, 1.165) is 10.4 Å². The van der Waals surface area contributed by atoms with Crippen LogP contribution in [0.15, 0.2) is 24.0 Å². The molecule has 2 heterocycles. The Labute approximate surface area is 86.7 Å². The molecule has 74 valence electrons. The first-order valence-corrected chi connectivity index (χ1v) is 5.26. The highest BCUT2D eigenvalue weighted by Crippen LogP contribution is 2.27. The van der Waals surface area contributed by atoms with Crippen molar-refractivity contribution in [2.45, 2.75) is 13.0 Å². The van der Waals surface area contributed by atoms with Gasteiger partial charge >= 0.3 is 0 Å². The van der Waals surface area contributed by atoms with Crippen molar-refractivity contribution in [1.82, 2.24) is 9.55 Å². The standard InChI is InChI=1S/C10H12N2OS/c1-7-3-4-14-10(7)9(13)8-5-12(2)6-11-8/h3-6,9,13H,1-2H3. The van der Waals surface area contributed by atoms with Crippen LogP contribution in [-0.4, -0.2) is 14.7 Å². The van der Waals surface area contributed by atoms with Crippen molar-refractivity contribution >= 4 is 11.3 Å². The molecule has 1 N–H and O–H groups in total. The van der Waals surface area contributed by atoms with Crippen LogP contribution in [0.1, 0.15) is 22.2 Å². The highest BCUT2D eigenvalue weighted by atomic mass is 32.1. The smallest absolute Gasteiger partial charge is 0.132 e. The van der Waals surface area contributed by atoms with E-state index in [1.165, 1.54) is 0 Å². The van der Waals surface area contributed by atoms with Crippen molar-refractivity contribution in [3.05, 3.63) is 40.1 Å². The van der Waals surface area contributed by atoms with E-state index in [0.29, 0.717) is 5.69 Å². The van der Waals surface area contributed by atoms with E-state index in [1.54, 1.807) is 17.7 Å². The maximum absolute atomic E-state index is 10.0. The van der Waals surface area contributed by atoms with E-state index in [-0.39, 0.29) is 0 Å². The second-order valence-corrected chi connectivity index (χ2v) is 4.28. The molecule has 3 nitrogen and oxygen atoms in total. The summed E-state index contributed by atoms with van der Waals surface area (Å²) in [6.07, 6.45) is 2.95. The molecule has 0 aliphatic rings. The fraction of sp³-hybridized carbons (Fsp3) is 0.300. The average molecular weight is 208 g/mol. The van der Waals surface area contributed by atoms with Gasteiger partial charge in [-0.1, -0.05) is 0 Å². The molecule has 4 heteroatoms. The molecule has 0 aromatic carbocycles. The summed E-state index contributed by atoms with van der Waals surface area (Å²) in [5, 5.41) is 12.0. The summed E-state index contributed by atoms with van der Waals surface area (Å²) in [5.74, 6) is 0. The lowest BCUT2D eigenvalue weighted by Gasteiger charge is -2.06. The maximum Gasteiger partial charge on any atom is 0.132 e. The Morgan fingerprint density at radius 1 is 1.57 bits per heavy atom. The van der Waals surface area contributed by atoms with Gasteiger partial charge in [0.25, 0.3) is 0 Å². The number of hydrogen-bond donors (Lipinski definition) is 1. The lowest BCUT2D eigenvalue weighted by molar-refractivity contribution is 0.219. The normalized spacial score (nSPS) is 13.1. The molecule has 1 unspecified atom stereocenters. The predicted molar refractivity (Wildman–Crippen MR) is 56.3 cm³/mol. The zero-order chi connectivity index (χ0) is 10.1. The van der Waals surface area contributed by atoms with Gasteiger partial charge in [-0.15, -0.1) is 11.3 Å². The van der Waals surface area contributed by atoms with Crippen LogP contribution in [0.2, 0.25) is 0 Å². The Morgan fingerprint density at radius 2 is 2.36 bits per heavy atom. The summed E-state index contributed by atoms with van der Waals surface area (Å²) in [5.41, 5.74) is 1.83. The number of imidazole rings is 1. The van der Waals surface area contributed by atoms with E-state index < -0.39 is 6.10 Å². The summed E-state index contributed by atoms with van der Waals surface area (Å²) in [7, 11) is 1.89. The molecular formula is C10H12N2OS. The minimum Gasteiger partial charge on any atom is -0.381 e. The number of aliphatic hydroxyl groups excluding tert-OH is 1. The van der Waals surface area contributed by atoms with Crippen LogP contribution in [0.5, 0.6) is 0 Å². The van der Waals surface area contributed by atoms with Crippen LogP contribution >= 0.6 is 11.3 Å². The van der Waals surface area contributed by atoms with Gasteiger partial charge in [0, 0.05) is 18.1 Å². The number of nitrogens with zero attached hydrogens (tertiary/aromatic N) is 2. The minimum absolute atomic E-state index is 0.587. The molecular weight excluding hydrogens is 196 g/mol. The number of aliphatic hydroxyl groups is 1. The first-order chi connectivity index (χ1) is 6.68. The molecule has 0 aliphatic carbocycles. The Morgan fingerprint density at radius 3 is 2.86 bits per heavy atom. The zero-order valence-electron chi connectivity index (χ0n) is 8.14. The Bertz CT molecular complexity index is 433. The van der Waals surface area contributed by atoms with Gasteiger partial charge < -0.3 is 9.67 Å². The van der Waals surface area contributed by atoms with Crippen LogP contribution in [0.4, 0.5) is 0 Å². The van der Waals surface area contributed by atoms with Crippen LogP contribution in [-0.2, 0) is 7.05 Å². The summed E-state index contributed by atoms with van der Waals surface area (Å²) < 4.78 is 1.83. The van der Waals surface area contributed by atoms with Gasteiger partial charge in [0.05, 0.1) is 12.0 Å². The van der Waals surface area contributed by atoms with Crippen molar-refractivity contribution in [3.63, 3.8) is 0 Å². The van der Waals surface area contributed by atoms with Crippen LogP contribution in [0.3, 0.4) is 0 Å². The van der Waals surface area contributed by atoms with Gasteiger partial charge in [0.15, 0.2) is 0 Å². The van der Waals surface area contributed by atoms with Crippen molar-refractivity contribution in [3.8, 4) is 0 Å². The van der Waals surface area contributed by atoms with Crippen LogP contribution in [0, 0.1) is 6.92 Å². The van der Waals surface area contributed by atoms with Gasteiger partial charge in [-0.3, -0.25) is 0 Å². The SMILES string of the molecule is Cc1ccsc1C(O)c1cn(C)cn1. The number of rotatable bonds is 2. The van der Waals surface area contributed by atoms with Crippen molar-refractivity contribution < 1.29 is 5.11 Å². The molecule has 0 fully saturated rings. The second-order valence-electron chi connectivity index (χ2n) is 3.33. The number of thiophene rings is 1. The minimum atomic E-state index is -0.587. The molecule has 14 heavy (non-hydrogen) atoms. The van der Waals surface area contributed by atoms with Crippen molar-refractivity contribution in [1.29, 1.82) is 0 Å². The fourth-order valence-corrected chi connectivity index (χ4v) is 2.30. The summed E-state index contributed by atoms with van der Waals surface area (Å²) >= 11 is 1.56. The summed E-state index contributed by atoms with van der Waals surface area (Å²) in [6, 6.07) is 2.01. The zero-order valence-corrected chi connectivity index (χ0v) is 8.95. The van der Waals surface area contributed by atoms with E-state index in [4.69, 9.17) is 0 Å². The number of aromatic nitrogens is 2. The van der Waals surface area contributed by atoms with Gasteiger partial charge in [0.2, 0.25) is 0 Å². The molecule has 1 atom stereocenters. The molecule has 0 aliphatic heterocycles. The third-order valence-electron chi connectivity index (χ3n) is 2.16. The molecule has 0 radical (unpaired) electrons. The van der Waals surface area contributed by atoms with E-state index in [1.807, 2.05) is 36.2 Å². The fourth-order valence-electron chi connectivity index (χ4n) is 1.37. The van der Waals surface area contributed by atoms with Crippen molar-refractivity contribution in [2.24, 2.45) is 7.05 Å². The Kier molecular flexibility index (Phi) is 2.39. The first-order valence-electron chi connectivity index (χ1n) is 4.38. The van der Waals surface area contributed by atoms with E-state index in [9.17, 15) is 5.11 Å². The highest BCUT2D eigenvalue weighted by molar-refractivity contribution is 7.10. The van der Waals surface area contributed by atoms with Gasteiger partial charge in [-0.25, -0.2) is 4.98 Å². The molecule has 0 saturated heterocycles. The topological polar surface area (TPSA) is 38.0 Å². The van der Waals surface area contributed by atoms with Crippen LogP contribution in [0.25, 0.3) is 0 Å². The molecule has 0 spiro atoms. The lowest BCUT2D eigenvalue weighted by Crippen LogP contribution is -1.98. The second kappa shape index (κ2) is 3.55. The monoisotopic (exact) mass is 208 g/mol. The van der Waals surface area contributed by atoms with E-state index >= 15 is 0 Å². The molecule has 0 saturated carbocycles.